The van der Waals surface area contributed by atoms with Gasteiger partial charge in [-0.1, -0.05) is 0 Å². The lowest BCUT2D eigenvalue weighted by molar-refractivity contribution is -0.143. The molecule has 1 aliphatic heterocycles. The maximum atomic E-state index is 13.2. The maximum absolute atomic E-state index is 13.2. The van der Waals surface area contributed by atoms with Gasteiger partial charge in [0.1, 0.15) is 11.4 Å². The van der Waals surface area contributed by atoms with Crippen molar-refractivity contribution in [3.63, 3.8) is 0 Å². The van der Waals surface area contributed by atoms with E-state index in [9.17, 15) is 23.6 Å². The quantitative estimate of drug-likeness (QED) is 0.364. The van der Waals surface area contributed by atoms with E-state index in [1.807, 2.05) is 0 Å². The summed E-state index contributed by atoms with van der Waals surface area (Å²) in [6, 6.07) is 6.72. The van der Waals surface area contributed by atoms with Gasteiger partial charge in [0.15, 0.2) is 18.1 Å². The summed E-state index contributed by atoms with van der Waals surface area (Å²) in [4.78, 5) is 49.5. The standard InChI is InChI=1S/C21H16BrFN2O7/c1-30-16-9-11(8-15(22)18(16)32-10-17(26)31-2)7-14-19(27)24-21(29)25(20(14)28)13-5-3-12(23)4-6-13/h3-9H,10H2,1-2H3,(H,24,27,29)/b14-7+. The molecule has 0 radical (unpaired) electrons. The molecule has 4 amide bonds. The number of rotatable bonds is 6. The number of esters is 1. The van der Waals surface area contributed by atoms with Crippen LogP contribution in [0, 0.1) is 5.82 Å². The van der Waals surface area contributed by atoms with Crippen LogP contribution < -0.4 is 19.7 Å². The number of amides is 4. The molecule has 3 rings (SSSR count). The van der Waals surface area contributed by atoms with Gasteiger partial charge in [-0.25, -0.2) is 18.9 Å². The predicted molar refractivity (Wildman–Crippen MR) is 114 cm³/mol. The van der Waals surface area contributed by atoms with Gasteiger partial charge < -0.3 is 14.2 Å². The van der Waals surface area contributed by atoms with Gasteiger partial charge in [-0.2, -0.15) is 0 Å². The lowest BCUT2D eigenvalue weighted by Gasteiger charge is -2.26. The zero-order valence-corrected chi connectivity index (χ0v) is 18.4. The zero-order chi connectivity index (χ0) is 23.4. The van der Waals surface area contributed by atoms with Gasteiger partial charge in [-0.05, 0) is 64.0 Å². The van der Waals surface area contributed by atoms with Crippen LogP contribution in [0.1, 0.15) is 5.56 Å². The van der Waals surface area contributed by atoms with Crippen molar-refractivity contribution in [1.29, 1.82) is 0 Å². The molecule has 0 atom stereocenters. The highest BCUT2D eigenvalue weighted by Crippen LogP contribution is 2.37. The number of carbonyl (C=O) groups is 4. The number of hydrogen-bond acceptors (Lipinski definition) is 7. The van der Waals surface area contributed by atoms with Crippen LogP contribution >= 0.6 is 15.9 Å². The normalized spacial score (nSPS) is 14.9. The van der Waals surface area contributed by atoms with Gasteiger partial charge in [0, 0.05) is 0 Å². The Kier molecular flexibility index (Phi) is 6.89. The Balaban J connectivity index is 1.96. The first-order valence-electron chi connectivity index (χ1n) is 8.99. The van der Waals surface area contributed by atoms with Gasteiger partial charge in [0.2, 0.25) is 0 Å². The van der Waals surface area contributed by atoms with E-state index < -0.39 is 29.6 Å². The number of hydrogen-bond donors (Lipinski definition) is 1. The Morgan fingerprint density at radius 1 is 1.16 bits per heavy atom. The second-order valence-electron chi connectivity index (χ2n) is 6.33. The summed E-state index contributed by atoms with van der Waals surface area (Å²) in [5.74, 6) is -2.49. The number of ether oxygens (including phenoxy) is 3. The SMILES string of the molecule is COC(=O)COc1c(Br)cc(/C=C2\C(=O)NC(=O)N(c3ccc(F)cc3)C2=O)cc1OC. The summed E-state index contributed by atoms with van der Waals surface area (Å²) >= 11 is 3.30. The third-order valence-corrected chi connectivity index (χ3v) is 4.90. The van der Waals surface area contributed by atoms with Crippen LogP contribution in [-0.4, -0.2) is 44.6 Å². The minimum atomic E-state index is -0.950. The van der Waals surface area contributed by atoms with E-state index in [2.05, 4.69) is 26.0 Å². The van der Waals surface area contributed by atoms with Crippen molar-refractivity contribution in [3.05, 3.63) is 57.8 Å². The molecule has 0 aromatic heterocycles. The Bertz CT molecular complexity index is 1130. The zero-order valence-electron chi connectivity index (χ0n) is 16.8. The fourth-order valence-corrected chi connectivity index (χ4v) is 3.38. The van der Waals surface area contributed by atoms with Crippen LogP contribution in [0.2, 0.25) is 0 Å². The summed E-state index contributed by atoms with van der Waals surface area (Å²) < 4.78 is 28.8. The fraction of sp³-hybridized carbons (Fsp3) is 0.143. The molecule has 0 bridgehead atoms. The van der Waals surface area contributed by atoms with Crippen LogP contribution in [0.15, 0.2) is 46.4 Å². The minimum Gasteiger partial charge on any atom is -0.493 e. The average molecular weight is 507 g/mol. The molecule has 1 heterocycles. The molecule has 9 nitrogen and oxygen atoms in total. The molecule has 32 heavy (non-hydrogen) atoms. The lowest BCUT2D eigenvalue weighted by atomic mass is 10.1. The molecular formula is C21H16BrFN2O7. The van der Waals surface area contributed by atoms with Crippen LogP contribution in [0.4, 0.5) is 14.9 Å². The fourth-order valence-electron chi connectivity index (χ4n) is 2.80. The van der Waals surface area contributed by atoms with E-state index in [4.69, 9.17) is 9.47 Å². The van der Waals surface area contributed by atoms with Crippen molar-refractivity contribution >= 4 is 51.5 Å². The first-order valence-corrected chi connectivity index (χ1v) is 9.78. The van der Waals surface area contributed by atoms with Gasteiger partial charge in [0.05, 0.1) is 24.4 Å². The second kappa shape index (κ2) is 9.60. The number of barbiturate groups is 1. The topological polar surface area (TPSA) is 111 Å². The van der Waals surface area contributed by atoms with Crippen LogP contribution in [0.25, 0.3) is 6.08 Å². The maximum Gasteiger partial charge on any atom is 0.343 e. The molecule has 11 heteroatoms. The Hall–Kier alpha value is -3.73. The third-order valence-electron chi connectivity index (χ3n) is 4.31. The minimum absolute atomic E-state index is 0.0950. The second-order valence-corrected chi connectivity index (χ2v) is 7.19. The van der Waals surface area contributed by atoms with Crippen molar-refractivity contribution in [3.8, 4) is 11.5 Å². The largest absolute Gasteiger partial charge is 0.493 e. The van der Waals surface area contributed by atoms with Crippen LogP contribution in [0.5, 0.6) is 11.5 Å². The van der Waals surface area contributed by atoms with E-state index >= 15 is 0 Å². The summed E-state index contributed by atoms with van der Waals surface area (Å²) in [6.45, 7) is -0.360. The predicted octanol–water partition coefficient (Wildman–Crippen LogP) is 2.82. The number of methoxy groups -OCH3 is 2. The summed E-state index contributed by atoms with van der Waals surface area (Å²) in [7, 11) is 2.59. The first kappa shape index (κ1) is 22.9. The van der Waals surface area contributed by atoms with Crippen molar-refractivity contribution in [2.45, 2.75) is 0 Å². The number of imide groups is 2. The van der Waals surface area contributed by atoms with Gasteiger partial charge in [-0.3, -0.25) is 14.9 Å². The molecular weight excluding hydrogens is 491 g/mol. The summed E-state index contributed by atoms with van der Waals surface area (Å²) in [5, 5.41) is 2.08. The molecule has 0 aliphatic carbocycles. The summed E-state index contributed by atoms with van der Waals surface area (Å²) in [6.07, 6.45) is 1.26. The molecule has 2 aromatic carbocycles. The van der Waals surface area contributed by atoms with Gasteiger partial charge >= 0.3 is 12.0 Å². The van der Waals surface area contributed by atoms with Crippen molar-refractivity contribution < 1.29 is 37.8 Å². The van der Waals surface area contributed by atoms with Crippen molar-refractivity contribution in [1.82, 2.24) is 5.32 Å². The monoisotopic (exact) mass is 506 g/mol. The highest BCUT2D eigenvalue weighted by Gasteiger charge is 2.36. The average Bonchev–Trinajstić information content (AvgIpc) is 2.76. The van der Waals surface area contributed by atoms with E-state index in [-0.39, 0.29) is 29.4 Å². The molecule has 2 aromatic rings. The van der Waals surface area contributed by atoms with E-state index in [1.54, 1.807) is 0 Å². The highest BCUT2D eigenvalue weighted by molar-refractivity contribution is 9.10. The Labute approximate surface area is 189 Å². The number of nitrogens with one attached hydrogen (secondary N) is 1. The van der Waals surface area contributed by atoms with Crippen LogP contribution in [-0.2, 0) is 19.1 Å². The molecule has 1 N–H and O–H groups in total. The number of benzene rings is 2. The number of anilines is 1. The van der Waals surface area contributed by atoms with E-state index in [0.717, 1.165) is 17.0 Å². The Morgan fingerprint density at radius 2 is 1.84 bits per heavy atom. The number of carbonyl (C=O) groups excluding carboxylic acids is 4. The van der Waals surface area contributed by atoms with E-state index in [1.165, 1.54) is 44.6 Å². The van der Waals surface area contributed by atoms with Gasteiger partial charge in [0.25, 0.3) is 11.8 Å². The molecule has 1 fully saturated rings. The molecule has 166 valence electrons. The van der Waals surface area contributed by atoms with Crippen molar-refractivity contribution in [2.75, 3.05) is 25.7 Å². The lowest BCUT2D eigenvalue weighted by Crippen LogP contribution is -2.54. The number of urea groups is 1. The smallest absolute Gasteiger partial charge is 0.343 e. The molecule has 0 saturated carbocycles. The van der Waals surface area contributed by atoms with E-state index in [0.29, 0.717) is 10.0 Å². The highest BCUT2D eigenvalue weighted by atomic mass is 79.9. The molecule has 0 unspecified atom stereocenters. The van der Waals surface area contributed by atoms with Gasteiger partial charge in [-0.15, -0.1) is 0 Å². The van der Waals surface area contributed by atoms with Crippen molar-refractivity contribution in [2.24, 2.45) is 0 Å². The first-order chi connectivity index (χ1) is 15.2. The molecule has 1 aliphatic rings. The summed E-state index contributed by atoms with van der Waals surface area (Å²) in [5.41, 5.74) is 0.134. The van der Waals surface area contributed by atoms with Crippen LogP contribution in [0.3, 0.4) is 0 Å². The Morgan fingerprint density at radius 3 is 2.47 bits per heavy atom. The number of halogens is 2. The third kappa shape index (κ3) is 4.78. The molecule has 0 spiro atoms. The molecule has 1 saturated heterocycles. The number of nitrogens with zero attached hydrogens (tertiary/aromatic N) is 1.